The third-order valence-corrected chi connectivity index (χ3v) is 8.64. The molecule has 2 saturated carbocycles. The van der Waals surface area contributed by atoms with Gasteiger partial charge in [0.1, 0.15) is 6.29 Å². The molecule has 0 spiro atoms. The molecule has 2 rings (SSSR count). The van der Waals surface area contributed by atoms with Crippen molar-refractivity contribution in [3.63, 3.8) is 0 Å². The number of carbonyl (C=O) groups excluding carboxylic acids is 2. The molecule has 2 aliphatic carbocycles. The maximum atomic E-state index is 11.8. The standard InChI is InChI=1S/C27H48O3.C4H6O2/c1-5-6-7-8-9-10-22-11-13-23(14-12-22)24-15-17-25(18-16-24)27(4,19-28)20-30-26(29)21(2)3;1-4(2-5)3-6/h22-25,28H,2,5-20H2,1,3-4H3;2,6H,1,3H2. The lowest BCUT2D eigenvalue weighted by molar-refractivity contribution is -0.145. The molecule has 2 aliphatic rings. The van der Waals surface area contributed by atoms with Crippen LogP contribution in [0.5, 0.6) is 0 Å². The highest BCUT2D eigenvalue weighted by Crippen LogP contribution is 2.46. The van der Waals surface area contributed by atoms with E-state index in [4.69, 9.17) is 9.84 Å². The third kappa shape index (κ3) is 11.7. The summed E-state index contributed by atoms with van der Waals surface area (Å²) in [4.78, 5) is 21.3. The number of aliphatic hydroxyl groups is 2. The molecule has 0 bridgehead atoms. The molecule has 0 aliphatic heterocycles. The second-order valence-corrected chi connectivity index (χ2v) is 11.7. The molecule has 2 fully saturated rings. The Labute approximate surface area is 220 Å². The quantitative estimate of drug-likeness (QED) is 0.117. The number of aliphatic hydroxyl groups excluding tert-OH is 2. The Morgan fingerprint density at radius 2 is 1.50 bits per heavy atom. The lowest BCUT2D eigenvalue weighted by Crippen LogP contribution is -2.39. The summed E-state index contributed by atoms with van der Waals surface area (Å²) in [7, 11) is 0. The third-order valence-electron chi connectivity index (χ3n) is 8.64. The zero-order valence-corrected chi connectivity index (χ0v) is 23.4. The molecule has 1 unspecified atom stereocenters. The molecule has 0 aromatic heterocycles. The monoisotopic (exact) mass is 506 g/mol. The number of hydrogen-bond donors (Lipinski definition) is 2. The van der Waals surface area contributed by atoms with Crippen molar-refractivity contribution in [2.75, 3.05) is 19.8 Å². The molecule has 2 N–H and O–H groups in total. The summed E-state index contributed by atoms with van der Waals surface area (Å²) in [6.07, 6.45) is 19.7. The Bertz CT molecular complexity index is 656. The van der Waals surface area contributed by atoms with Crippen molar-refractivity contribution >= 4 is 12.3 Å². The number of carbonyl (C=O) groups is 2. The second kappa shape index (κ2) is 17.9. The number of esters is 1. The first-order valence-electron chi connectivity index (χ1n) is 14.4. The smallest absolute Gasteiger partial charge is 0.333 e. The van der Waals surface area contributed by atoms with Crippen molar-refractivity contribution in [1.29, 1.82) is 0 Å². The van der Waals surface area contributed by atoms with Crippen LogP contribution < -0.4 is 0 Å². The fourth-order valence-electron chi connectivity index (χ4n) is 5.96. The summed E-state index contributed by atoms with van der Waals surface area (Å²) < 4.78 is 5.42. The lowest BCUT2D eigenvalue weighted by Gasteiger charge is -2.43. The SMILES string of the molecule is C=C(C)C(=O)OCC(C)(CO)C1CCC(C2CCC(CCCCCCC)CC2)CC1.C=C(C=O)CO. The van der Waals surface area contributed by atoms with Crippen molar-refractivity contribution in [1.82, 2.24) is 0 Å². The van der Waals surface area contributed by atoms with Crippen LogP contribution in [0.2, 0.25) is 0 Å². The maximum absolute atomic E-state index is 11.8. The first kappa shape index (κ1) is 32.6. The van der Waals surface area contributed by atoms with E-state index < -0.39 is 0 Å². The highest BCUT2D eigenvalue weighted by atomic mass is 16.5. The van der Waals surface area contributed by atoms with Crippen LogP contribution in [0.25, 0.3) is 0 Å². The van der Waals surface area contributed by atoms with Gasteiger partial charge in [0.15, 0.2) is 0 Å². The van der Waals surface area contributed by atoms with Gasteiger partial charge in [0.25, 0.3) is 0 Å². The first-order chi connectivity index (χ1) is 17.2. The Morgan fingerprint density at radius 1 is 0.944 bits per heavy atom. The highest BCUT2D eigenvalue weighted by Gasteiger charge is 2.39. The molecule has 5 heteroatoms. The van der Waals surface area contributed by atoms with Crippen molar-refractivity contribution in [2.24, 2.45) is 29.1 Å². The molecular weight excluding hydrogens is 452 g/mol. The van der Waals surface area contributed by atoms with Gasteiger partial charge in [0.05, 0.1) is 19.8 Å². The maximum Gasteiger partial charge on any atom is 0.333 e. The van der Waals surface area contributed by atoms with Crippen LogP contribution in [-0.2, 0) is 14.3 Å². The van der Waals surface area contributed by atoms with Crippen LogP contribution >= 0.6 is 0 Å². The first-order valence-corrected chi connectivity index (χ1v) is 14.4. The largest absolute Gasteiger partial charge is 0.462 e. The number of unbranched alkanes of at least 4 members (excludes halogenated alkanes) is 4. The van der Waals surface area contributed by atoms with Crippen LogP contribution in [0.4, 0.5) is 0 Å². The zero-order valence-electron chi connectivity index (χ0n) is 23.4. The molecule has 0 radical (unpaired) electrons. The molecule has 0 aromatic carbocycles. The summed E-state index contributed by atoms with van der Waals surface area (Å²) in [5, 5.41) is 18.0. The Balaban J connectivity index is 0.000000960. The van der Waals surface area contributed by atoms with Crippen LogP contribution in [0, 0.1) is 29.1 Å². The van der Waals surface area contributed by atoms with E-state index >= 15 is 0 Å². The molecular formula is C31H54O5. The van der Waals surface area contributed by atoms with Gasteiger partial charge in [-0.3, -0.25) is 4.79 Å². The number of rotatable bonds is 14. The molecule has 0 saturated heterocycles. The fraction of sp³-hybridized carbons (Fsp3) is 0.806. The van der Waals surface area contributed by atoms with Crippen LogP contribution in [0.1, 0.15) is 111 Å². The van der Waals surface area contributed by atoms with Gasteiger partial charge in [-0.2, -0.15) is 0 Å². The summed E-state index contributed by atoms with van der Waals surface area (Å²) in [5.74, 6) is 2.87. The van der Waals surface area contributed by atoms with Gasteiger partial charge in [-0.15, -0.1) is 0 Å². The lowest BCUT2D eigenvalue weighted by atomic mass is 9.64. The fourth-order valence-corrected chi connectivity index (χ4v) is 5.96. The van der Waals surface area contributed by atoms with Crippen LogP contribution in [0.15, 0.2) is 24.3 Å². The van der Waals surface area contributed by atoms with Gasteiger partial charge >= 0.3 is 5.97 Å². The molecule has 5 nitrogen and oxygen atoms in total. The van der Waals surface area contributed by atoms with Gasteiger partial charge in [0, 0.05) is 16.6 Å². The van der Waals surface area contributed by atoms with E-state index in [-0.39, 0.29) is 30.2 Å². The second-order valence-electron chi connectivity index (χ2n) is 11.7. The van der Waals surface area contributed by atoms with E-state index in [0.29, 0.717) is 24.4 Å². The van der Waals surface area contributed by atoms with Crippen molar-refractivity contribution in [3.05, 3.63) is 24.3 Å². The van der Waals surface area contributed by atoms with E-state index in [1.807, 2.05) is 0 Å². The summed E-state index contributed by atoms with van der Waals surface area (Å²) in [6, 6.07) is 0. The van der Waals surface area contributed by atoms with Gasteiger partial charge < -0.3 is 14.9 Å². The van der Waals surface area contributed by atoms with Gasteiger partial charge in [-0.25, -0.2) is 4.79 Å². The number of aldehydes is 1. The minimum Gasteiger partial charge on any atom is -0.462 e. The average Bonchev–Trinajstić information content (AvgIpc) is 2.91. The van der Waals surface area contributed by atoms with E-state index in [9.17, 15) is 14.7 Å². The molecule has 0 amide bonds. The average molecular weight is 507 g/mol. The molecule has 0 heterocycles. The topological polar surface area (TPSA) is 83.8 Å². The van der Waals surface area contributed by atoms with Gasteiger partial charge in [-0.1, -0.05) is 78.4 Å². The van der Waals surface area contributed by atoms with Crippen LogP contribution in [0.3, 0.4) is 0 Å². The Kier molecular flexibility index (Phi) is 16.2. The summed E-state index contributed by atoms with van der Waals surface area (Å²) in [6.45, 7) is 13.0. The van der Waals surface area contributed by atoms with E-state index in [2.05, 4.69) is 27.0 Å². The normalized spacial score (nSPS) is 25.6. The van der Waals surface area contributed by atoms with Crippen molar-refractivity contribution < 1.29 is 24.5 Å². The Hall–Kier alpha value is -1.46. The molecule has 208 valence electrons. The van der Waals surface area contributed by atoms with E-state index in [0.717, 1.165) is 30.6 Å². The minimum atomic E-state index is -0.342. The predicted molar refractivity (Wildman–Crippen MR) is 148 cm³/mol. The van der Waals surface area contributed by atoms with E-state index in [1.54, 1.807) is 6.92 Å². The van der Waals surface area contributed by atoms with Crippen LogP contribution in [-0.4, -0.2) is 42.3 Å². The zero-order chi connectivity index (χ0) is 27.0. The Morgan fingerprint density at radius 3 is 1.94 bits per heavy atom. The van der Waals surface area contributed by atoms with Gasteiger partial charge in [-0.05, 0) is 69.1 Å². The minimum absolute atomic E-state index is 0.0785. The number of hydrogen-bond acceptors (Lipinski definition) is 5. The molecule has 36 heavy (non-hydrogen) atoms. The van der Waals surface area contributed by atoms with Crippen molar-refractivity contribution in [3.8, 4) is 0 Å². The number of ether oxygens (including phenoxy) is 1. The summed E-state index contributed by atoms with van der Waals surface area (Å²) >= 11 is 0. The predicted octanol–water partition coefficient (Wildman–Crippen LogP) is 6.81. The molecule has 1 atom stereocenters. The summed E-state index contributed by atoms with van der Waals surface area (Å²) in [5.41, 5.74) is 0.316. The highest BCUT2D eigenvalue weighted by molar-refractivity contribution is 5.86. The van der Waals surface area contributed by atoms with E-state index in [1.165, 1.54) is 77.0 Å². The molecule has 0 aromatic rings. The van der Waals surface area contributed by atoms with Crippen molar-refractivity contribution in [2.45, 2.75) is 111 Å². The van der Waals surface area contributed by atoms with Gasteiger partial charge in [0.2, 0.25) is 0 Å².